The monoisotopic (exact) mass is 272 g/mol. The van der Waals surface area contributed by atoms with E-state index in [9.17, 15) is 4.39 Å². The van der Waals surface area contributed by atoms with Crippen LogP contribution in [0.25, 0.3) is 0 Å². The lowest BCUT2D eigenvalue weighted by molar-refractivity contribution is 0.547. The first-order chi connectivity index (χ1) is 9.71. The third kappa shape index (κ3) is 4.14. The van der Waals surface area contributed by atoms with Crippen LogP contribution < -0.4 is 5.32 Å². The molecule has 1 heterocycles. The Balaban J connectivity index is 2.01. The normalized spacial score (nSPS) is 12.3. The Kier molecular flexibility index (Phi) is 5.24. The average molecular weight is 272 g/mol. The summed E-state index contributed by atoms with van der Waals surface area (Å²) in [6.45, 7) is 2.12. The summed E-state index contributed by atoms with van der Waals surface area (Å²) < 4.78 is 13.2. The summed E-state index contributed by atoms with van der Waals surface area (Å²) in [7, 11) is 1.93. The molecular formula is C17H21FN2. The predicted octanol–water partition coefficient (Wildman–Crippen LogP) is 3.16. The highest BCUT2D eigenvalue weighted by Crippen LogP contribution is 2.10. The van der Waals surface area contributed by atoms with Gasteiger partial charge < -0.3 is 5.32 Å². The van der Waals surface area contributed by atoms with E-state index in [2.05, 4.69) is 29.4 Å². The van der Waals surface area contributed by atoms with Crippen molar-refractivity contribution in [2.75, 3.05) is 7.05 Å². The largest absolute Gasteiger partial charge is 0.316 e. The molecule has 1 unspecified atom stereocenters. The maximum absolute atomic E-state index is 13.2. The smallest absolute Gasteiger partial charge is 0.123 e. The van der Waals surface area contributed by atoms with E-state index in [1.54, 1.807) is 12.1 Å². The van der Waals surface area contributed by atoms with Crippen LogP contribution in [0.3, 0.4) is 0 Å². The van der Waals surface area contributed by atoms with Crippen molar-refractivity contribution in [3.05, 3.63) is 65.2 Å². The van der Waals surface area contributed by atoms with Gasteiger partial charge in [0, 0.05) is 24.4 Å². The van der Waals surface area contributed by atoms with Crippen molar-refractivity contribution < 1.29 is 4.39 Å². The molecule has 1 atom stereocenters. The molecule has 0 saturated heterocycles. The number of aromatic nitrogens is 1. The van der Waals surface area contributed by atoms with E-state index in [0.717, 1.165) is 30.5 Å². The number of aryl methyl sites for hydroxylation is 1. The minimum atomic E-state index is -0.178. The number of nitrogens with one attached hydrogen (secondary N) is 1. The Hall–Kier alpha value is -1.74. The van der Waals surface area contributed by atoms with Gasteiger partial charge in [-0.3, -0.25) is 4.98 Å². The quantitative estimate of drug-likeness (QED) is 0.873. The van der Waals surface area contributed by atoms with Gasteiger partial charge in [-0.1, -0.05) is 25.1 Å². The molecule has 1 aromatic carbocycles. The zero-order valence-corrected chi connectivity index (χ0v) is 12.1. The van der Waals surface area contributed by atoms with Crippen LogP contribution in [0.15, 0.2) is 42.6 Å². The van der Waals surface area contributed by atoms with Gasteiger partial charge in [-0.25, -0.2) is 4.39 Å². The summed E-state index contributed by atoms with van der Waals surface area (Å²) in [6, 6.07) is 11.2. The molecule has 0 amide bonds. The molecule has 2 aromatic rings. The lowest BCUT2D eigenvalue weighted by Crippen LogP contribution is -2.30. The van der Waals surface area contributed by atoms with E-state index in [0.29, 0.717) is 0 Å². The second kappa shape index (κ2) is 7.15. The summed E-state index contributed by atoms with van der Waals surface area (Å²) in [5, 5.41) is 3.28. The molecule has 1 N–H and O–H groups in total. The fourth-order valence-electron chi connectivity index (χ4n) is 2.26. The highest BCUT2D eigenvalue weighted by Gasteiger charge is 2.10. The number of hydrogen-bond donors (Lipinski definition) is 1. The number of halogens is 1. The number of pyridine rings is 1. The van der Waals surface area contributed by atoms with Crippen molar-refractivity contribution in [2.45, 2.75) is 32.2 Å². The Morgan fingerprint density at radius 3 is 2.60 bits per heavy atom. The maximum Gasteiger partial charge on any atom is 0.123 e. The van der Waals surface area contributed by atoms with Crippen LogP contribution in [0.5, 0.6) is 0 Å². The maximum atomic E-state index is 13.2. The van der Waals surface area contributed by atoms with Crippen LogP contribution in [0.1, 0.15) is 23.7 Å². The topological polar surface area (TPSA) is 24.9 Å². The summed E-state index contributed by atoms with van der Waals surface area (Å²) in [5.74, 6) is -0.178. The van der Waals surface area contributed by atoms with Crippen LogP contribution >= 0.6 is 0 Å². The molecule has 106 valence electrons. The second-order valence-corrected chi connectivity index (χ2v) is 5.04. The number of likely N-dealkylation sites (N-methyl/N-ethyl adjacent to an activating group) is 1. The van der Waals surface area contributed by atoms with Crippen molar-refractivity contribution in [3.8, 4) is 0 Å². The molecule has 20 heavy (non-hydrogen) atoms. The molecule has 0 aliphatic heterocycles. The van der Waals surface area contributed by atoms with E-state index >= 15 is 0 Å². The van der Waals surface area contributed by atoms with Crippen molar-refractivity contribution in [2.24, 2.45) is 0 Å². The van der Waals surface area contributed by atoms with Crippen molar-refractivity contribution in [1.29, 1.82) is 0 Å². The molecule has 2 rings (SSSR count). The van der Waals surface area contributed by atoms with Gasteiger partial charge in [-0.2, -0.15) is 0 Å². The summed E-state index contributed by atoms with van der Waals surface area (Å²) >= 11 is 0. The molecule has 1 aromatic heterocycles. The zero-order chi connectivity index (χ0) is 14.4. The van der Waals surface area contributed by atoms with Crippen molar-refractivity contribution in [3.63, 3.8) is 0 Å². The van der Waals surface area contributed by atoms with E-state index in [1.807, 2.05) is 19.3 Å². The van der Waals surface area contributed by atoms with Crippen LogP contribution in [0.4, 0.5) is 4.39 Å². The molecular weight excluding hydrogens is 251 g/mol. The molecule has 0 spiro atoms. The van der Waals surface area contributed by atoms with E-state index < -0.39 is 0 Å². The van der Waals surface area contributed by atoms with E-state index in [1.165, 1.54) is 11.6 Å². The fourth-order valence-corrected chi connectivity index (χ4v) is 2.26. The number of benzene rings is 1. The predicted molar refractivity (Wildman–Crippen MR) is 80.3 cm³/mol. The van der Waals surface area contributed by atoms with Crippen LogP contribution in [0.2, 0.25) is 0 Å². The first kappa shape index (κ1) is 14.7. The minimum Gasteiger partial charge on any atom is -0.316 e. The van der Waals surface area contributed by atoms with Gasteiger partial charge in [-0.15, -0.1) is 0 Å². The first-order valence-electron chi connectivity index (χ1n) is 7.06. The molecule has 0 aliphatic carbocycles. The molecule has 0 saturated carbocycles. The van der Waals surface area contributed by atoms with Gasteiger partial charge in [0.2, 0.25) is 0 Å². The number of hydrogen-bond acceptors (Lipinski definition) is 2. The molecule has 0 radical (unpaired) electrons. The standard InChI is InChI=1S/C17H21FN2/c1-3-13-7-8-16(20-12-13)11-17(19-2)10-14-5-4-6-15(18)9-14/h4-9,12,17,19H,3,10-11H2,1-2H3. The Morgan fingerprint density at radius 2 is 2.00 bits per heavy atom. The molecule has 0 fully saturated rings. The van der Waals surface area contributed by atoms with Gasteiger partial charge in [0.05, 0.1) is 0 Å². The Bertz CT molecular complexity index is 537. The van der Waals surface area contributed by atoms with Crippen molar-refractivity contribution >= 4 is 0 Å². The minimum absolute atomic E-state index is 0.178. The molecule has 3 heteroatoms. The number of rotatable bonds is 6. The summed E-state index contributed by atoms with van der Waals surface area (Å²) in [4.78, 5) is 4.48. The Labute approximate surface area is 120 Å². The Morgan fingerprint density at radius 1 is 1.15 bits per heavy atom. The second-order valence-electron chi connectivity index (χ2n) is 5.04. The highest BCUT2D eigenvalue weighted by molar-refractivity contribution is 5.19. The zero-order valence-electron chi connectivity index (χ0n) is 12.1. The van der Waals surface area contributed by atoms with E-state index in [-0.39, 0.29) is 11.9 Å². The summed E-state index contributed by atoms with van der Waals surface area (Å²) in [6.07, 6.45) is 4.58. The SMILES string of the molecule is CCc1ccc(CC(Cc2cccc(F)c2)NC)nc1. The first-order valence-corrected chi connectivity index (χ1v) is 7.06. The van der Waals surface area contributed by atoms with Crippen molar-refractivity contribution in [1.82, 2.24) is 10.3 Å². The van der Waals surface area contributed by atoms with Crippen LogP contribution in [-0.4, -0.2) is 18.1 Å². The third-order valence-electron chi connectivity index (χ3n) is 3.53. The van der Waals surface area contributed by atoms with Gasteiger partial charge in [0.1, 0.15) is 5.82 Å². The molecule has 0 aliphatic rings. The third-order valence-corrected chi connectivity index (χ3v) is 3.53. The lowest BCUT2D eigenvalue weighted by atomic mass is 10.0. The van der Waals surface area contributed by atoms with Gasteiger partial charge >= 0.3 is 0 Å². The van der Waals surface area contributed by atoms with Gasteiger partial charge in [0.25, 0.3) is 0 Å². The molecule has 2 nitrogen and oxygen atoms in total. The average Bonchev–Trinajstić information content (AvgIpc) is 2.47. The van der Waals surface area contributed by atoms with Crippen LogP contribution in [0, 0.1) is 5.82 Å². The van der Waals surface area contributed by atoms with Gasteiger partial charge in [0.15, 0.2) is 0 Å². The summed E-state index contributed by atoms with van der Waals surface area (Å²) in [5.41, 5.74) is 3.33. The molecule has 0 bridgehead atoms. The van der Waals surface area contributed by atoms with Gasteiger partial charge in [-0.05, 0) is 49.2 Å². The highest BCUT2D eigenvalue weighted by atomic mass is 19.1. The van der Waals surface area contributed by atoms with Crippen LogP contribution in [-0.2, 0) is 19.3 Å². The fraction of sp³-hybridized carbons (Fsp3) is 0.353. The van der Waals surface area contributed by atoms with E-state index in [4.69, 9.17) is 0 Å². The lowest BCUT2D eigenvalue weighted by Gasteiger charge is -2.16. The number of nitrogens with zero attached hydrogens (tertiary/aromatic N) is 1.